The van der Waals surface area contributed by atoms with Crippen molar-refractivity contribution in [2.45, 2.75) is 53.0 Å². The molecule has 0 radical (unpaired) electrons. The van der Waals surface area contributed by atoms with Crippen molar-refractivity contribution in [3.05, 3.63) is 35.9 Å². The Morgan fingerprint density at radius 2 is 1.79 bits per heavy atom. The van der Waals surface area contributed by atoms with E-state index >= 15 is 0 Å². The van der Waals surface area contributed by atoms with E-state index in [1.165, 1.54) is 37.9 Å². The number of nitrogens with zero attached hydrogens (tertiary/aromatic N) is 1. The first kappa shape index (κ1) is 14.6. The van der Waals surface area contributed by atoms with Crippen molar-refractivity contribution < 1.29 is 0 Å². The van der Waals surface area contributed by atoms with Gasteiger partial charge in [0.25, 0.3) is 0 Å². The van der Waals surface area contributed by atoms with Gasteiger partial charge in [-0.05, 0) is 56.6 Å². The third-order valence-electron chi connectivity index (χ3n) is 4.99. The molecule has 1 unspecified atom stereocenters. The van der Waals surface area contributed by atoms with Gasteiger partial charge in [-0.2, -0.15) is 0 Å². The van der Waals surface area contributed by atoms with Crippen LogP contribution in [0.3, 0.4) is 0 Å². The molecule has 1 aliphatic heterocycles. The van der Waals surface area contributed by atoms with Crippen molar-refractivity contribution in [2.24, 2.45) is 11.3 Å². The third kappa shape index (κ3) is 3.39. The highest BCUT2D eigenvalue weighted by atomic mass is 15.2. The molecule has 19 heavy (non-hydrogen) atoms. The lowest BCUT2D eigenvalue weighted by atomic mass is 9.67. The molecule has 0 saturated carbocycles. The van der Waals surface area contributed by atoms with Gasteiger partial charge in [-0.25, -0.2) is 0 Å². The van der Waals surface area contributed by atoms with E-state index in [1.54, 1.807) is 0 Å². The molecule has 1 nitrogen and oxygen atoms in total. The Hall–Kier alpha value is -0.820. The zero-order valence-electron chi connectivity index (χ0n) is 13.0. The van der Waals surface area contributed by atoms with Crippen LogP contribution in [-0.4, -0.2) is 24.0 Å². The molecule has 1 aromatic rings. The summed E-state index contributed by atoms with van der Waals surface area (Å²) >= 11 is 0. The van der Waals surface area contributed by atoms with Crippen LogP contribution in [0.25, 0.3) is 0 Å². The Labute approximate surface area is 119 Å². The minimum atomic E-state index is 0.462. The summed E-state index contributed by atoms with van der Waals surface area (Å²) in [6, 6.07) is 11.7. The number of rotatable bonds is 4. The lowest BCUT2D eigenvalue weighted by Crippen LogP contribution is -2.49. The van der Waals surface area contributed by atoms with Crippen LogP contribution in [0.4, 0.5) is 0 Å². The van der Waals surface area contributed by atoms with Gasteiger partial charge in [0.2, 0.25) is 0 Å². The SMILES string of the molecule is CC(C)N1CCCC(Cc2ccccc2)(C(C)C)C1. The summed E-state index contributed by atoms with van der Waals surface area (Å²) < 4.78 is 0. The minimum Gasteiger partial charge on any atom is -0.300 e. The summed E-state index contributed by atoms with van der Waals surface area (Å²) in [5, 5.41) is 0. The summed E-state index contributed by atoms with van der Waals surface area (Å²) in [6.45, 7) is 12.0. The van der Waals surface area contributed by atoms with Crippen molar-refractivity contribution in [3.8, 4) is 0 Å². The van der Waals surface area contributed by atoms with Gasteiger partial charge in [0, 0.05) is 12.6 Å². The number of likely N-dealkylation sites (tertiary alicyclic amines) is 1. The molecule has 1 atom stereocenters. The van der Waals surface area contributed by atoms with E-state index < -0.39 is 0 Å². The van der Waals surface area contributed by atoms with Crippen molar-refractivity contribution in [2.75, 3.05) is 13.1 Å². The number of hydrogen-bond donors (Lipinski definition) is 0. The molecule has 0 aliphatic carbocycles. The van der Waals surface area contributed by atoms with E-state index in [-0.39, 0.29) is 0 Å². The maximum absolute atomic E-state index is 2.67. The van der Waals surface area contributed by atoms with Gasteiger partial charge in [0.1, 0.15) is 0 Å². The first-order valence-corrected chi connectivity index (χ1v) is 7.81. The third-order valence-corrected chi connectivity index (χ3v) is 4.99. The second-order valence-corrected chi connectivity index (χ2v) is 6.85. The normalized spacial score (nSPS) is 25.2. The molecule has 1 heteroatoms. The van der Waals surface area contributed by atoms with E-state index in [1.807, 2.05) is 0 Å². The van der Waals surface area contributed by atoms with E-state index in [2.05, 4.69) is 62.9 Å². The zero-order chi connectivity index (χ0) is 13.9. The lowest BCUT2D eigenvalue weighted by molar-refractivity contribution is 0.0305. The molecule has 106 valence electrons. The molecule has 1 fully saturated rings. The predicted octanol–water partition coefficient (Wildman–Crippen LogP) is 4.38. The van der Waals surface area contributed by atoms with E-state index in [9.17, 15) is 0 Å². The van der Waals surface area contributed by atoms with Crippen molar-refractivity contribution >= 4 is 0 Å². The van der Waals surface area contributed by atoms with Gasteiger partial charge >= 0.3 is 0 Å². The highest BCUT2D eigenvalue weighted by Gasteiger charge is 2.38. The van der Waals surface area contributed by atoms with Gasteiger partial charge in [0.15, 0.2) is 0 Å². The molecule has 1 saturated heterocycles. The highest BCUT2D eigenvalue weighted by Crippen LogP contribution is 2.40. The van der Waals surface area contributed by atoms with Crippen LogP contribution in [0.15, 0.2) is 30.3 Å². The molecule has 1 heterocycles. The Morgan fingerprint density at radius 1 is 1.11 bits per heavy atom. The summed E-state index contributed by atoms with van der Waals surface area (Å²) in [5.74, 6) is 0.745. The number of benzene rings is 1. The summed E-state index contributed by atoms with van der Waals surface area (Å²) in [5.41, 5.74) is 1.96. The Kier molecular flexibility index (Phi) is 4.67. The minimum absolute atomic E-state index is 0.462. The number of hydrogen-bond acceptors (Lipinski definition) is 1. The van der Waals surface area contributed by atoms with Crippen LogP contribution in [0.5, 0.6) is 0 Å². The van der Waals surface area contributed by atoms with Gasteiger partial charge in [-0.15, -0.1) is 0 Å². The van der Waals surface area contributed by atoms with Crippen LogP contribution < -0.4 is 0 Å². The Morgan fingerprint density at radius 3 is 2.37 bits per heavy atom. The van der Waals surface area contributed by atoms with Crippen molar-refractivity contribution in [1.82, 2.24) is 4.90 Å². The van der Waals surface area contributed by atoms with Gasteiger partial charge in [-0.3, -0.25) is 0 Å². The maximum atomic E-state index is 2.67. The van der Waals surface area contributed by atoms with E-state index in [4.69, 9.17) is 0 Å². The average Bonchev–Trinajstić information content (AvgIpc) is 2.40. The molecule has 0 amide bonds. The van der Waals surface area contributed by atoms with Crippen molar-refractivity contribution in [1.29, 1.82) is 0 Å². The molecule has 2 rings (SSSR count). The monoisotopic (exact) mass is 259 g/mol. The van der Waals surface area contributed by atoms with E-state index in [0.29, 0.717) is 11.5 Å². The molecular formula is C18H29N. The average molecular weight is 259 g/mol. The molecule has 0 spiro atoms. The van der Waals surface area contributed by atoms with Crippen LogP contribution in [0.2, 0.25) is 0 Å². The van der Waals surface area contributed by atoms with Crippen molar-refractivity contribution in [3.63, 3.8) is 0 Å². The first-order chi connectivity index (χ1) is 9.03. The number of piperidine rings is 1. The maximum Gasteiger partial charge on any atom is 0.00463 e. The highest BCUT2D eigenvalue weighted by molar-refractivity contribution is 5.17. The molecule has 0 aromatic heterocycles. The van der Waals surface area contributed by atoms with E-state index in [0.717, 1.165) is 5.92 Å². The first-order valence-electron chi connectivity index (χ1n) is 7.81. The molecule has 0 N–H and O–H groups in total. The topological polar surface area (TPSA) is 3.24 Å². The quantitative estimate of drug-likeness (QED) is 0.776. The molecule has 1 aliphatic rings. The predicted molar refractivity (Wildman–Crippen MR) is 83.4 cm³/mol. The molecule has 0 bridgehead atoms. The summed E-state index contributed by atoms with van der Waals surface area (Å²) in [7, 11) is 0. The lowest BCUT2D eigenvalue weighted by Gasteiger charge is -2.47. The Bertz CT molecular complexity index is 382. The Balaban J connectivity index is 2.18. The van der Waals surface area contributed by atoms with Crippen LogP contribution >= 0.6 is 0 Å². The summed E-state index contributed by atoms with van der Waals surface area (Å²) in [4.78, 5) is 2.67. The smallest absolute Gasteiger partial charge is 0.00463 e. The molecule has 1 aromatic carbocycles. The largest absolute Gasteiger partial charge is 0.300 e. The fourth-order valence-corrected chi connectivity index (χ4v) is 3.46. The van der Waals surface area contributed by atoms with Crippen LogP contribution in [0, 0.1) is 11.3 Å². The fourth-order valence-electron chi connectivity index (χ4n) is 3.46. The summed E-state index contributed by atoms with van der Waals surface area (Å²) in [6.07, 6.45) is 3.96. The van der Waals surface area contributed by atoms with Gasteiger partial charge in [0.05, 0.1) is 0 Å². The van der Waals surface area contributed by atoms with Crippen LogP contribution in [-0.2, 0) is 6.42 Å². The van der Waals surface area contributed by atoms with Gasteiger partial charge in [-0.1, -0.05) is 44.2 Å². The molecular weight excluding hydrogens is 230 g/mol. The van der Waals surface area contributed by atoms with Crippen LogP contribution in [0.1, 0.15) is 46.1 Å². The zero-order valence-corrected chi connectivity index (χ0v) is 13.0. The van der Waals surface area contributed by atoms with Gasteiger partial charge < -0.3 is 4.90 Å². The fraction of sp³-hybridized carbons (Fsp3) is 0.667. The standard InChI is InChI=1S/C18H29N/c1-15(2)18(13-17-9-6-5-7-10-17)11-8-12-19(14-18)16(3)4/h5-7,9-10,15-16H,8,11-14H2,1-4H3. The second kappa shape index (κ2) is 6.09. The second-order valence-electron chi connectivity index (χ2n) is 6.85.